The number of nitrogens with zero attached hydrogens (tertiary/aromatic N) is 3. The fourth-order valence-electron chi connectivity index (χ4n) is 2.62. The number of hydrogen-bond donors (Lipinski definition) is 1. The van der Waals surface area contributed by atoms with E-state index in [-0.39, 0.29) is 17.9 Å². The molecule has 1 fully saturated rings. The van der Waals surface area contributed by atoms with Gasteiger partial charge in [0.15, 0.2) is 0 Å². The zero-order valence-electron chi connectivity index (χ0n) is 12.7. The summed E-state index contributed by atoms with van der Waals surface area (Å²) in [4.78, 5) is 14.2. The zero-order valence-corrected chi connectivity index (χ0v) is 12.7. The van der Waals surface area contributed by atoms with Gasteiger partial charge in [0.1, 0.15) is 5.82 Å². The Labute approximate surface area is 133 Å². The molecule has 0 spiro atoms. The molecule has 122 valence electrons. The van der Waals surface area contributed by atoms with Crippen LogP contribution in [0, 0.1) is 5.82 Å². The first kappa shape index (κ1) is 15.5. The van der Waals surface area contributed by atoms with Crippen LogP contribution in [0.5, 0.6) is 0 Å². The van der Waals surface area contributed by atoms with Crippen LogP contribution in [0.2, 0.25) is 0 Å². The number of amides is 2. The van der Waals surface area contributed by atoms with Crippen LogP contribution in [-0.4, -0.2) is 47.0 Å². The highest BCUT2D eigenvalue weighted by molar-refractivity contribution is 5.74. The highest BCUT2D eigenvalue weighted by Gasteiger charge is 2.28. The van der Waals surface area contributed by atoms with Crippen molar-refractivity contribution in [3.8, 4) is 0 Å². The predicted octanol–water partition coefficient (Wildman–Crippen LogP) is 1.81. The van der Waals surface area contributed by atoms with Crippen molar-refractivity contribution in [2.75, 3.05) is 26.3 Å². The third kappa shape index (κ3) is 3.87. The molecule has 1 aromatic heterocycles. The van der Waals surface area contributed by atoms with Crippen LogP contribution in [0.15, 0.2) is 42.7 Å². The highest BCUT2D eigenvalue weighted by Crippen LogP contribution is 2.24. The molecule has 2 amide bonds. The number of benzene rings is 1. The van der Waals surface area contributed by atoms with Gasteiger partial charge in [0.05, 0.1) is 25.8 Å². The van der Waals surface area contributed by atoms with Crippen molar-refractivity contribution in [3.63, 3.8) is 0 Å². The van der Waals surface area contributed by atoms with Crippen LogP contribution in [-0.2, 0) is 11.3 Å². The molecule has 2 heterocycles. The van der Waals surface area contributed by atoms with E-state index in [0.717, 1.165) is 5.56 Å². The number of aromatic nitrogens is 2. The van der Waals surface area contributed by atoms with Crippen LogP contribution >= 0.6 is 0 Å². The quantitative estimate of drug-likeness (QED) is 0.935. The van der Waals surface area contributed by atoms with Gasteiger partial charge in [0.25, 0.3) is 0 Å². The number of rotatable bonds is 4. The molecule has 1 N–H and O–H groups in total. The Morgan fingerprint density at radius 3 is 2.96 bits per heavy atom. The first-order valence-corrected chi connectivity index (χ1v) is 7.59. The number of urea groups is 1. The van der Waals surface area contributed by atoms with Gasteiger partial charge in [-0.3, -0.25) is 4.68 Å². The largest absolute Gasteiger partial charge is 0.377 e. The third-order valence-electron chi connectivity index (χ3n) is 3.82. The van der Waals surface area contributed by atoms with Crippen molar-refractivity contribution in [2.24, 2.45) is 0 Å². The van der Waals surface area contributed by atoms with Crippen LogP contribution in [0.4, 0.5) is 9.18 Å². The standard InChI is InChI=1S/C16H19FN4O2/c17-14-4-2-13(3-5-14)15-12-23-11-10-21(15)16(22)18-7-9-20-8-1-6-19-20/h1-6,8,15H,7,9-12H2,(H,18,22). The van der Waals surface area contributed by atoms with E-state index in [2.05, 4.69) is 10.4 Å². The van der Waals surface area contributed by atoms with Gasteiger partial charge in [0.2, 0.25) is 0 Å². The minimum Gasteiger partial charge on any atom is -0.377 e. The summed E-state index contributed by atoms with van der Waals surface area (Å²) in [7, 11) is 0. The Morgan fingerprint density at radius 2 is 2.22 bits per heavy atom. The normalized spacial score (nSPS) is 18.0. The Morgan fingerprint density at radius 1 is 1.39 bits per heavy atom. The molecule has 6 nitrogen and oxygen atoms in total. The number of nitrogens with one attached hydrogen (secondary N) is 1. The number of carbonyl (C=O) groups is 1. The van der Waals surface area contributed by atoms with Gasteiger partial charge in [-0.15, -0.1) is 0 Å². The second-order valence-corrected chi connectivity index (χ2v) is 5.34. The van der Waals surface area contributed by atoms with E-state index in [4.69, 9.17) is 4.74 Å². The highest BCUT2D eigenvalue weighted by atomic mass is 19.1. The van der Waals surface area contributed by atoms with E-state index < -0.39 is 0 Å². The van der Waals surface area contributed by atoms with Crippen LogP contribution < -0.4 is 5.32 Å². The van der Waals surface area contributed by atoms with Crippen LogP contribution in [0.1, 0.15) is 11.6 Å². The minimum absolute atomic E-state index is 0.144. The lowest BCUT2D eigenvalue weighted by molar-refractivity contribution is 0.0116. The third-order valence-corrected chi connectivity index (χ3v) is 3.82. The zero-order chi connectivity index (χ0) is 16.1. The molecule has 1 aliphatic heterocycles. The van der Waals surface area contributed by atoms with Gasteiger partial charge in [0, 0.05) is 25.5 Å². The molecular weight excluding hydrogens is 299 g/mol. The van der Waals surface area contributed by atoms with E-state index in [1.165, 1.54) is 12.1 Å². The summed E-state index contributed by atoms with van der Waals surface area (Å²) in [5.41, 5.74) is 0.869. The summed E-state index contributed by atoms with van der Waals surface area (Å²) in [6.45, 7) is 2.54. The summed E-state index contributed by atoms with van der Waals surface area (Å²) in [5.74, 6) is -0.291. The molecule has 1 atom stereocenters. The molecule has 1 aromatic carbocycles. The van der Waals surface area contributed by atoms with Crippen molar-refractivity contribution in [3.05, 3.63) is 54.1 Å². The van der Waals surface area contributed by atoms with Crippen LogP contribution in [0.3, 0.4) is 0 Å². The number of halogens is 1. The Kier molecular flexibility index (Phi) is 4.87. The van der Waals surface area contributed by atoms with Crippen molar-refractivity contribution >= 4 is 6.03 Å². The number of carbonyl (C=O) groups excluding carboxylic acids is 1. The SMILES string of the molecule is O=C(NCCn1cccn1)N1CCOCC1c1ccc(F)cc1. The molecule has 1 aliphatic rings. The van der Waals surface area contributed by atoms with E-state index >= 15 is 0 Å². The van der Waals surface area contributed by atoms with Gasteiger partial charge in [-0.1, -0.05) is 12.1 Å². The van der Waals surface area contributed by atoms with Crippen molar-refractivity contribution < 1.29 is 13.9 Å². The Hall–Kier alpha value is -2.41. The fourth-order valence-corrected chi connectivity index (χ4v) is 2.62. The molecule has 0 bridgehead atoms. The van der Waals surface area contributed by atoms with E-state index in [1.54, 1.807) is 27.9 Å². The maximum absolute atomic E-state index is 13.1. The molecule has 3 rings (SSSR count). The summed E-state index contributed by atoms with van der Waals surface area (Å²) >= 11 is 0. The summed E-state index contributed by atoms with van der Waals surface area (Å²) in [6.07, 6.45) is 3.55. The average Bonchev–Trinajstić information content (AvgIpc) is 3.09. The topological polar surface area (TPSA) is 59.4 Å². The van der Waals surface area contributed by atoms with Gasteiger partial charge in [-0.25, -0.2) is 9.18 Å². The van der Waals surface area contributed by atoms with Crippen LogP contribution in [0.25, 0.3) is 0 Å². The number of morpholine rings is 1. The lowest BCUT2D eigenvalue weighted by atomic mass is 10.1. The molecule has 1 saturated heterocycles. The summed E-state index contributed by atoms with van der Waals surface area (Å²) < 4.78 is 20.3. The van der Waals surface area contributed by atoms with Gasteiger partial charge < -0.3 is 15.0 Å². The number of ether oxygens (including phenoxy) is 1. The van der Waals surface area contributed by atoms with Crippen molar-refractivity contribution in [2.45, 2.75) is 12.6 Å². The fraction of sp³-hybridized carbons (Fsp3) is 0.375. The minimum atomic E-state index is -0.291. The van der Waals surface area contributed by atoms with Gasteiger partial charge in [-0.05, 0) is 23.8 Å². The second kappa shape index (κ2) is 7.23. The molecule has 0 radical (unpaired) electrons. The molecule has 1 unspecified atom stereocenters. The smallest absolute Gasteiger partial charge is 0.318 e. The van der Waals surface area contributed by atoms with E-state index in [9.17, 15) is 9.18 Å². The number of hydrogen-bond acceptors (Lipinski definition) is 3. The van der Waals surface area contributed by atoms with E-state index in [0.29, 0.717) is 32.8 Å². The average molecular weight is 318 g/mol. The van der Waals surface area contributed by atoms with Crippen molar-refractivity contribution in [1.82, 2.24) is 20.0 Å². The predicted molar refractivity (Wildman–Crippen MR) is 82.3 cm³/mol. The van der Waals surface area contributed by atoms with E-state index in [1.807, 2.05) is 12.3 Å². The molecule has 2 aromatic rings. The first-order chi connectivity index (χ1) is 11.2. The summed E-state index contributed by atoms with van der Waals surface area (Å²) in [5, 5.41) is 6.99. The molecule has 7 heteroatoms. The van der Waals surface area contributed by atoms with Gasteiger partial charge in [-0.2, -0.15) is 5.10 Å². The van der Waals surface area contributed by atoms with Crippen molar-refractivity contribution in [1.29, 1.82) is 0 Å². The maximum atomic E-state index is 13.1. The molecule has 0 aliphatic carbocycles. The molecule has 23 heavy (non-hydrogen) atoms. The first-order valence-electron chi connectivity index (χ1n) is 7.59. The molecule has 0 saturated carbocycles. The second-order valence-electron chi connectivity index (χ2n) is 5.34. The lowest BCUT2D eigenvalue weighted by Crippen LogP contribution is -2.48. The summed E-state index contributed by atoms with van der Waals surface area (Å²) in [6, 6.07) is 7.69. The maximum Gasteiger partial charge on any atom is 0.318 e. The monoisotopic (exact) mass is 318 g/mol. The molecular formula is C16H19FN4O2. The lowest BCUT2D eigenvalue weighted by Gasteiger charge is -2.35. The Balaban J connectivity index is 1.61. The van der Waals surface area contributed by atoms with Gasteiger partial charge >= 0.3 is 6.03 Å². The Bertz CT molecular complexity index is 630.